The third-order valence-corrected chi connectivity index (χ3v) is 3.25. The van der Waals surface area contributed by atoms with Crippen LogP contribution >= 0.6 is 11.6 Å². The fourth-order valence-electron chi connectivity index (χ4n) is 0.293. The predicted octanol–water partition coefficient (Wildman–Crippen LogP) is -0.0553. The Labute approximate surface area is 60.1 Å². The van der Waals surface area contributed by atoms with Crippen LogP contribution in [0.3, 0.4) is 0 Å². The Bertz CT molecular complexity index is 163. The molecular formula is C4H10ClNO2S. The number of hydrogen-bond donors (Lipinski definition) is 1. The standard InChI is InChI=1S/C4H10ClNO2S/c1-4(6)9(7,8)3-2-5/h4H,2-3,6H2,1H3. The zero-order valence-electron chi connectivity index (χ0n) is 5.17. The van der Waals surface area contributed by atoms with Gasteiger partial charge >= 0.3 is 0 Å². The lowest BCUT2D eigenvalue weighted by molar-refractivity contribution is 0.586. The molecule has 3 nitrogen and oxygen atoms in total. The van der Waals surface area contributed by atoms with Crippen molar-refractivity contribution in [2.45, 2.75) is 12.3 Å². The highest BCUT2D eigenvalue weighted by atomic mass is 35.5. The predicted molar refractivity (Wildman–Crippen MR) is 38.2 cm³/mol. The van der Waals surface area contributed by atoms with Crippen LogP contribution in [-0.4, -0.2) is 25.4 Å². The summed E-state index contributed by atoms with van der Waals surface area (Å²) < 4.78 is 21.4. The van der Waals surface area contributed by atoms with E-state index in [0.29, 0.717) is 0 Å². The highest BCUT2D eigenvalue weighted by molar-refractivity contribution is 7.92. The Balaban J connectivity index is 4.05. The van der Waals surface area contributed by atoms with Crippen molar-refractivity contribution in [1.82, 2.24) is 0 Å². The van der Waals surface area contributed by atoms with E-state index in [1.807, 2.05) is 0 Å². The number of halogens is 1. The van der Waals surface area contributed by atoms with E-state index in [1.165, 1.54) is 6.92 Å². The zero-order chi connectivity index (χ0) is 7.49. The van der Waals surface area contributed by atoms with Crippen LogP contribution in [0.5, 0.6) is 0 Å². The number of sulfone groups is 1. The molecule has 9 heavy (non-hydrogen) atoms. The van der Waals surface area contributed by atoms with Crippen molar-refractivity contribution < 1.29 is 8.42 Å². The second-order valence-corrected chi connectivity index (χ2v) is 4.62. The molecule has 0 bridgehead atoms. The van der Waals surface area contributed by atoms with E-state index in [-0.39, 0.29) is 11.6 Å². The van der Waals surface area contributed by atoms with Crippen LogP contribution < -0.4 is 5.73 Å². The summed E-state index contributed by atoms with van der Waals surface area (Å²) in [4.78, 5) is 0. The summed E-state index contributed by atoms with van der Waals surface area (Å²) in [6.07, 6.45) is 0. The van der Waals surface area contributed by atoms with Gasteiger partial charge in [-0.2, -0.15) is 0 Å². The molecule has 0 aliphatic carbocycles. The first-order valence-corrected chi connectivity index (χ1v) is 4.79. The Morgan fingerprint density at radius 1 is 1.67 bits per heavy atom. The molecular weight excluding hydrogens is 162 g/mol. The van der Waals surface area contributed by atoms with E-state index >= 15 is 0 Å². The molecule has 0 fully saturated rings. The van der Waals surface area contributed by atoms with E-state index in [2.05, 4.69) is 0 Å². The van der Waals surface area contributed by atoms with E-state index < -0.39 is 15.2 Å². The summed E-state index contributed by atoms with van der Waals surface area (Å²) in [5.41, 5.74) is 5.11. The van der Waals surface area contributed by atoms with Crippen LogP contribution in [0, 0.1) is 0 Å². The van der Waals surface area contributed by atoms with Gasteiger partial charge < -0.3 is 5.73 Å². The van der Waals surface area contributed by atoms with Crippen molar-refractivity contribution in [2.75, 3.05) is 11.6 Å². The normalized spacial score (nSPS) is 15.4. The van der Waals surface area contributed by atoms with E-state index in [9.17, 15) is 8.42 Å². The van der Waals surface area contributed by atoms with Gasteiger partial charge in [0.25, 0.3) is 0 Å². The lowest BCUT2D eigenvalue weighted by atomic mass is 10.8. The smallest absolute Gasteiger partial charge is 0.166 e. The first kappa shape index (κ1) is 9.20. The van der Waals surface area contributed by atoms with Gasteiger partial charge in [-0.05, 0) is 6.92 Å². The van der Waals surface area contributed by atoms with Gasteiger partial charge in [0.2, 0.25) is 0 Å². The maximum Gasteiger partial charge on any atom is 0.166 e. The number of rotatable bonds is 3. The molecule has 56 valence electrons. The minimum Gasteiger partial charge on any atom is -0.315 e. The molecule has 1 atom stereocenters. The summed E-state index contributed by atoms with van der Waals surface area (Å²) in [5.74, 6) is 0.0795. The largest absolute Gasteiger partial charge is 0.315 e. The topological polar surface area (TPSA) is 60.2 Å². The van der Waals surface area contributed by atoms with Crippen molar-refractivity contribution in [1.29, 1.82) is 0 Å². The highest BCUT2D eigenvalue weighted by Crippen LogP contribution is 1.95. The van der Waals surface area contributed by atoms with Crippen LogP contribution in [-0.2, 0) is 9.84 Å². The average Bonchev–Trinajstić information content (AvgIpc) is 1.65. The molecule has 0 amide bonds. The minimum atomic E-state index is -3.10. The minimum absolute atomic E-state index is 0.0355. The van der Waals surface area contributed by atoms with Gasteiger partial charge in [0.1, 0.15) is 5.37 Å². The van der Waals surface area contributed by atoms with Gasteiger partial charge in [-0.25, -0.2) is 8.42 Å². The third kappa shape index (κ3) is 3.03. The maximum atomic E-state index is 10.7. The molecule has 1 unspecified atom stereocenters. The average molecular weight is 172 g/mol. The molecule has 0 saturated carbocycles. The quantitative estimate of drug-likeness (QED) is 0.606. The maximum absolute atomic E-state index is 10.7. The Hall–Kier alpha value is 0.200. The molecule has 0 aliphatic rings. The lowest BCUT2D eigenvalue weighted by Gasteiger charge is -2.03. The summed E-state index contributed by atoms with van der Waals surface area (Å²) in [5, 5.41) is -0.795. The molecule has 0 radical (unpaired) electrons. The third-order valence-electron chi connectivity index (χ3n) is 0.928. The number of nitrogens with two attached hydrogens (primary N) is 1. The fourth-order valence-corrected chi connectivity index (χ4v) is 1.53. The summed E-state index contributed by atoms with van der Waals surface area (Å²) in [6.45, 7) is 1.43. The second kappa shape index (κ2) is 3.39. The van der Waals surface area contributed by atoms with Crippen molar-refractivity contribution in [2.24, 2.45) is 5.73 Å². The van der Waals surface area contributed by atoms with Crippen LogP contribution in [0.15, 0.2) is 0 Å². The molecule has 2 N–H and O–H groups in total. The Morgan fingerprint density at radius 2 is 2.11 bits per heavy atom. The summed E-state index contributed by atoms with van der Waals surface area (Å²) in [6, 6.07) is 0. The molecule has 0 spiro atoms. The molecule has 0 aromatic heterocycles. The second-order valence-electron chi connectivity index (χ2n) is 1.76. The molecule has 0 saturated heterocycles. The van der Waals surface area contributed by atoms with Crippen molar-refractivity contribution in [3.05, 3.63) is 0 Å². The van der Waals surface area contributed by atoms with E-state index in [0.717, 1.165) is 0 Å². The van der Waals surface area contributed by atoms with Gasteiger partial charge in [-0.1, -0.05) is 0 Å². The van der Waals surface area contributed by atoms with Gasteiger partial charge in [-0.3, -0.25) is 0 Å². The Morgan fingerprint density at radius 3 is 2.22 bits per heavy atom. The molecule has 0 aromatic rings. The van der Waals surface area contributed by atoms with Crippen LogP contribution in [0.25, 0.3) is 0 Å². The zero-order valence-corrected chi connectivity index (χ0v) is 6.74. The van der Waals surface area contributed by atoms with Gasteiger partial charge in [-0.15, -0.1) is 11.6 Å². The number of alkyl halides is 1. The molecule has 0 rings (SSSR count). The fraction of sp³-hybridized carbons (Fsp3) is 1.00. The first-order chi connectivity index (χ1) is 4.00. The van der Waals surface area contributed by atoms with E-state index in [1.54, 1.807) is 0 Å². The van der Waals surface area contributed by atoms with Crippen molar-refractivity contribution >= 4 is 21.4 Å². The highest BCUT2D eigenvalue weighted by Gasteiger charge is 2.14. The SMILES string of the molecule is CC(N)S(=O)(=O)CCCl. The van der Waals surface area contributed by atoms with Gasteiger partial charge in [0.05, 0.1) is 5.75 Å². The van der Waals surface area contributed by atoms with Crippen molar-refractivity contribution in [3.63, 3.8) is 0 Å². The van der Waals surface area contributed by atoms with E-state index in [4.69, 9.17) is 17.3 Å². The molecule has 0 aliphatic heterocycles. The molecule has 0 heterocycles. The Kier molecular flexibility index (Phi) is 3.46. The van der Waals surface area contributed by atoms with Crippen LogP contribution in [0.2, 0.25) is 0 Å². The molecule has 5 heteroatoms. The summed E-state index contributed by atoms with van der Waals surface area (Å²) in [7, 11) is -3.10. The first-order valence-electron chi connectivity index (χ1n) is 2.54. The van der Waals surface area contributed by atoms with Crippen LogP contribution in [0.1, 0.15) is 6.92 Å². The number of hydrogen-bond acceptors (Lipinski definition) is 3. The monoisotopic (exact) mass is 171 g/mol. The summed E-state index contributed by atoms with van der Waals surface area (Å²) >= 11 is 5.20. The lowest BCUT2D eigenvalue weighted by Crippen LogP contribution is -2.29. The van der Waals surface area contributed by atoms with Gasteiger partial charge in [0.15, 0.2) is 9.84 Å². The van der Waals surface area contributed by atoms with Crippen LogP contribution in [0.4, 0.5) is 0 Å². The van der Waals surface area contributed by atoms with Gasteiger partial charge in [0, 0.05) is 5.88 Å². The molecule has 0 aromatic carbocycles. The van der Waals surface area contributed by atoms with Crippen molar-refractivity contribution in [3.8, 4) is 0 Å².